The van der Waals surface area contributed by atoms with E-state index in [1.807, 2.05) is 0 Å². The molecular weight excluding hydrogens is 258 g/mol. The van der Waals surface area contributed by atoms with E-state index in [9.17, 15) is 13.2 Å². The highest BCUT2D eigenvalue weighted by molar-refractivity contribution is 7.89. The van der Waals surface area contributed by atoms with Gasteiger partial charge < -0.3 is 4.74 Å². The summed E-state index contributed by atoms with van der Waals surface area (Å²) >= 11 is 0. The Kier molecular flexibility index (Phi) is 4.83. The molecule has 0 unspecified atom stereocenters. The van der Waals surface area contributed by atoms with Crippen molar-refractivity contribution in [1.29, 1.82) is 0 Å². The van der Waals surface area contributed by atoms with Crippen molar-refractivity contribution >= 4 is 16.0 Å². The van der Waals surface area contributed by atoms with Crippen LogP contribution in [0.25, 0.3) is 0 Å². The molecule has 0 spiro atoms. The molecule has 18 heavy (non-hydrogen) atoms. The number of nitrogens with zero attached hydrogens (tertiary/aromatic N) is 1. The molecule has 1 aromatic carbocycles. The molecule has 0 radical (unpaired) electrons. The van der Waals surface area contributed by atoms with Crippen LogP contribution < -0.4 is 0 Å². The van der Waals surface area contributed by atoms with Crippen LogP contribution in [-0.2, 0) is 19.6 Å². The number of hydroxylamine groups is 1. The number of hydrogen-bond acceptors (Lipinski definition) is 5. The van der Waals surface area contributed by atoms with Gasteiger partial charge in [0.2, 0.25) is 0 Å². The van der Waals surface area contributed by atoms with Crippen molar-refractivity contribution in [3.05, 3.63) is 29.8 Å². The number of esters is 1. The topological polar surface area (TPSA) is 72.9 Å². The zero-order valence-corrected chi connectivity index (χ0v) is 11.2. The van der Waals surface area contributed by atoms with Gasteiger partial charge in [-0.3, -0.25) is 4.84 Å². The van der Waals surface area contributed by atoms with Gasteiger partial charge in [-0.05, 0) is 31.2 Å². The first-order valence-electron chi connectivity index (χ1n) is 5.23. The summed E-state index contributed by atoms with van der Waals surface area (Å²) in [5.41, 5.74) is 0.302. The maximum absolute atomic E-state index is 11.9. The van der Waals surface area contributed by atoms with Gasteiger partial charge in [0.1, 0.15) is 0 Å². The molecule has 0 saturated carbocycles. The van der Waals surface area contributed by atoms with Crippen molar-refractivity contribution in [3.8, 4) is 0 Å². The highest BCUT2D eigenvalue weighted by Gasteiger charge is 2.20. The Labute approximate surface area is 106 Å². The van der Waals surface area contributed by atoms with E-state index in [1.54, 1.807) is 6.92 Å². The molecule has 0 fully saturated rings. The standard InChI is InChI=1S/C11H15NO5S/c1-4-17-11(13)9-5-7-10(8-6-9)18(14,15)12(2)16-3/h5-8H,4H2,1-3H3. The second-order valence-corrected chi connectivity index (χ2v) is 5.28. The van der Waals surface area contributed by atoms with Crippen LogP contribution in [0.4, 0.5) is 0 Å². The quantitative estimate of drug-likeness (QED) is 0.592. The summed E-state index contributed by atoms with van der Waals surface area (Å²) in [4.78, 5) is 16.1. The van der Waals surface area contributed by atoms with E-state index in [4.69, 9.17) is 4.74 Å². The minimum absolute atomic E-state index is 0.0416. The molecule has 1 rings (SSSR count). The number of rotatable bonds is 5. The van der Waals surface area contributed by atoms with Gasteiger partial charge in [0.05, 0.1) is 24.2 Å². The molecule has 7 heteroatoms. The molecule has 1 aromatic rings. The van der Waals surface area contributed by atoms with Crippen molar-refractivity contribution in [2.45, 2.75) is 11.8 Å². The maximum Gasteiger partial charge on any atom is 0.338 e. The number of hydrogen-bond donors (Lipinski definition) is 0. The van der Waals surface area contributed by atoms with Crippen LogP contribution >= 0.6 is 0 Å². The predicted octanol–water partition coefficient (Wildman–Crippen LogP) is 1.05. The van der Waals surface area contributed by atoms with Crippen LogP contribution in [0.15, 0.2) is 29.2 Å². The van der Waals surface area contributed by atoms with E-state index >= 15 is 0 Å². The number of benzene rings is 1. The third-order valence-electron chi connectivity index (χ3n) is 2.26. The number of sulfonamides is 1. The van der Waals surface area contributed by atoms with Crippen LogP contribution in [0.3, 0.4) is 0 Å². The van der Waals surface area contributed by atoms with Crippen molar-refractivity contribution in [2.75, 3.05) is 20.8 Å². The van der Waals surface area contributed by atoms with Crippen molar-refractivity contribution in [2.24, 2.45) is 0 Å². The Morgan fingerprint density at radius 1 is 1.28 bits per heavy atom. The normalized spacial score (nSPS) is 11.6. The predicted molar refractivity (Wildman–Crippen MR) is 64.4 cm³/mol. The zero-order chi connectivity index (χ0) is 13.8. The highest BCUT2D eigenvalue weighted by Crippen LogP contribution is 2.15. The first-order valence-corrected chi connectivity index (χ1v) is 6.67. The fourth-order valence-corrected chi connectivity index (χ4v) is 2.20. The number of carbonyl (C=O) groups is 1. The highest BCUT2D eigenvalue weighted by atomic mass is 32.2. The van der Waals surface area contributed by atoms with E-state index in [-0.39, 0.29) is 11.5 Å². The lowest BCUT2D eigenvalue weighted by Gasteiger charge is -2.14. The molecule has 0 aliphatic heterocycles. The van der Waals surface area contributed by atoms with Crippen LogP contribution in [0.2, 0.25) is 0 Å². The lowest BCUT2D eigenvalue weighted by molar-refractivity contribution is -0.0258. The lowest BCUT2D eigenvalue weighted by Crippen LogP contribution is -2.25. The Balaban J connectivity index is 3.00. The Morgan fingerprint density at radius 3 is 2.28 bits per heavy atom. The third kappa shape index (κ3) is 3.06. The molecular formula is C11H15NO5S. The fourth-order valence-electron chi connectivity index (χ4n) is 1.22. The van der Waals surface area contributed by atoms with E-state index in [0.717, 1.165) is 4.47 Å². The van der Waals surface area contributed by atoms with E-state index in [1.165, 1.54) is 38.4 Å². The summed E-state index contributed by atoms with van der Waals surface area (Å²) in [5, 5.41) is 0. The van der Waals surface area contributed by atoms with Crippen molar-refractivity contribution < 1.29 is 22.8 Å². The molecule has 100 valence electrons. The molecule has 0 bridgehead atoms. The van der Waals surface area contributed by atoms with Gasteiger partial charge in [0.25, 0.3) is 10.0 Å². The summed E-state index contributed by atoms with van der Waals surface area (Å²) in [6.45, 7) is 1.97. The fraction of sp³-hybridized carbons (Fsp3) is 0.364. The molecule has 0 saturated heterocycles. The number of ether oxygens (including phenoxy) is 1. The zero-order valence-electron chi connectivity index (χ0n) is 10.4. The Bertz CT molecular complexity index is 509. The molecule has 0 N–H and O–H groups in total. The van der Waals surface area contributed by atoms with Gasteiger partial charge in [-0.25, -0.2) is 13.2 Å². The third-order valence-corrected chi connectivity index (χ3v) is 3.95. The smallest absolute Gasteiger partial charge is 0.338 e. The molecule has 6 nitrogen and oxygen atoms in total. The molecule has 0 heterocycles. The lowest BCUT2D eigenvalue weighted by atomic mass is 10.2. The molecule has 0 amide bonds. The Morgan fingerprint density at radius 2 is 1.83 bits per heavy atom. The monoisotopic (exact) mass is 273 g/mol. The molecule has 0 aliphatic rings. The minimum atomic E-state index is -3.68. The Hall–Kier alpha value is -1.44. The summed E-state index contributed by atoms with van der Waals surface area (Å²) < 4.78 is 29.3. The van der Waals surface area contributed by atoms with Gasteiger partial charge in [-0.2, -0.15) is 0 Å². The van der Waals surface area contributed by atoms with Crippen LogP contribution in [0.1, 0.15) is 17.3 Å². The van der Waals surface area contributed by atoms with Gasteiger partial charge >= 0.3 is 5.97 Å². The average Bonchev–Trinajstić information content (AvgIpc) is 2.38. The van der Waals surface area contributed by atoms with Gasteiger partial charge in [-0.1, -0.05) is 4.47 Å². The summed E-state index contributed by atoms with van der Waals surface area (Å²) in [6, 6.07) is 5.46. The molecule has 0 aromatic heterocycles. The minimum Gasteiger partial charge on any atom is -0.462 e. The number of carbonyl (C=O) groups excluding carboxylic acids is 1. The largest absolute Gasteiger partial charge is 0.462 e. The van der Waals surface area contributed by atoms with Crippen LogP contribution in [0, 0.1) is 0 Å². The summed E-state index contributed by atoms with van der Waals surface area (Å²) in [7, 11) is -1.14. The van der Waals surface area contributed by atoms with Crippen molar-refractivity contribution in [3.63, 3.8) is 0 Å². The van der Waals surface area contributed by atoms with Crippen LogP contribution in [-0.4, -0.2) is 39.6 Å². The first-order chi connectivity index (χ1) is 8.43. The second-order valence-electron chi connectivity index (χ2n) is 3.34. The summed E-state index contributed by atoms with van der Waals surface area (Å²) in [6.07, 6.45) is 0. The average molecular weight is 273 g/mol. The second kappa shape index (κ2) is 5.94. The van der Waals surface area contributed by atoms with Crippen molar-refractivity contribution in [1.82, 2.24) is 4.47 Å². The van der Waals surface area contributed by atoms with Gasteiger partial charge in [-0.15, -0.1) is 0 Å². The van der Waals surface area contributed by atoms with Gasteiger partial charge in [0, 0.05) is 7.05 Å². The van der Waals surface area contributed by atoms with Crippen LogP contribution in [0.5, 0.6) is 0 Å². The SMILES string of the molecule is CCOC(=O)c1ccc(S(=O)(=O)N(C)OC)cc1. The molecule has 0 atom stereocenters. The van der Waals surface area contributed by atoms with E-state index in [2.05, 4.69) is 4.84 Å². The first kappa shape index (κ1) is 14.6. The molecule has 0 aliphatic carbocycles. The maximum atomic E-state index is 11.9. The van der Waals surface area contributed by atoms with E-state index < -0.39 is 16.0 Å². The van der Waals surface area contributed by atoms with E-state index in [0.29, 0.717) is 5.56 Å². The summed E-state index contributed by atoms with van der Waals surface area (Å²) in [5.74, 6) is -0.485. The van der Waals surface area contributed by atoms with Gasteiger partial charge in [0.15, 0.2) is 0 Å².